The van der Waals surface area contributed by atoms with E-state index >= 15 is 0 Å². The molecule has 9 nitrogen and oxygen atoms in total. The van der Waals surface area contributed by atoms with Crippen molar-refractivity contribution in [1.82, 2.24) is 10.6 Å². The number of aliphatic hydroxyl groups excluding tert-OH is 1. The molecular weight excluding hydrogens is 464 g/mol. The summed E-state index contributed by atoms with van der Waals surface area (Å²) in [7, 11) is 0. The highest BCUT2D eigenvalue weighted by molar-refractivity contribution is 6.06. The van der Waals surface area contributed by atoms with Gasteiger partial charge in [0.15, 0.2) is 11.9 Å². The van der Waals surface area contributed by atoms with Gasteiger partial charge in [-0.1, -0.05) is 57.1 Å². The van der Waals surface area contributed by atoms with E-state index in [4.69, 9.17) is 4.74 Å². The summed E-state index contributed by atoms with van der Waals surface area (Å²) >= 11 is 0. The fourth-order valence-corrected chi connectivity index (χ4v) is 3.92. The number of hydrogen-bond donors (Lipinski definition) is 4. The number of ketones is 2. The van der Waals surface area contributed by atoms with E-state index in [2.05, 4.69) is 17.6 Å². The van der Waals surface area contributed by atoms with Crippen LogP contribution >= 0.6 is 0 Å². The van der Waals surface area contributed by atoms with Gasteiger partial charge in [0, 0.05) is 18.9 Å². The summed E-state index contributed by atoms with van der Waals surface area (Å²) in [4.78, 5) is 48.2. The highest BCUT2D eigenvalue weighted by Gasteiger charge is 2.59. The fourth-order valence-electron chi connectivity index (χ4n) is 3.92. The molecule has 0 saturated carbocycles. The minimum absolute atomic E-state index is 0.0173. The molecular formula is C27H32N2O7. The quantitative estimate of drug-likeness (QED) is 0.195. The van der Waals surface area contributed by atoms with Crippen molar-refractivity contribution >= 4 is 23.4 Å². The van der Waals surface area contributed by atoms with E-state index in [0.29, 0.717) is 0 Å². The van der Waals surface area contributed by atoms with Crippen LogP contribution in [0.5, 0.6) is 0 Å². The third-order valence-electron chi connectivity index (χ3n) is 6.04. The summed E-state index contributed by atoms with van der Waals surface area (Å²) in [5.74, 6) is -1.59. The van der Waals surface area contributed by atoms with Crippen LogP contribution in [-0.4, -0.2) is 51.4 Å². The van der Waals surface area contributed by atoms with Crippen LogP contribution in [-0.2, 0) is 23.9 Å². The largest absolute Gasteiger partial charge is 0.510 e. The van der Waals surface area contributed by atoms with Crippen LogP contribution in [0.4, 0.5) is 0 Å². The molecule has 0 aromatic carbocycles. The zero-order valence-electron chi connectivity index (χ0n) is 20.4. The molecule has 1 heterocycles. The summed E-state index contributed by atoms with van der Waals surface area (Å²) in [5.41, 5.74) is -1.67. The monoisotopic (exact) mass is 496 g/mol. The lowest BCUT2D eigenvalue weighted by Crippen LogP contribution is -2.42. The lowest BCUT2D eigenvalue weighted by Gasteiger charge is -2.23. The lowest BCUT2D eigenvalue weighted by molar-refractivity contribution is -0.121. The second-order valence-electron chi connectivity index (χ2n) is 9.09. The maximum Gasteiger partial charge on any atom is 0.248 e. The van der Waals surface area contributed by atoms with Crippen molar-refractivity contribution in [3.8, 4) is 0 Å². The van der Waals surface area contributed by atoms with Gasteiger partial charge in [-0.15, -0.1) is 0 Å². The van der Waals surface area contributed by atoms with Crippen molar-refractivity contribution in [3.05, 3.63) is 71.8 Å². The van der Waals surface area contributed by atoms with Crippen molar-refractivity contribution in [3.63, 3.8) is 0 Å². The van der Waals surface area contributed by atoms with E-state index in [1.807, 2.05) is 6.92 Å². The van der Waals surface area contributed by atoms with Gasteiger partial charge in [-0.05, 0) is 30.6 Å². The Morgan fingerprint density at radius 3 is 2.56 bits per heavy atom. The van der Waals surface area contributed by atoms with Gasteiger partial charge in [-0.25, -0.2) is 0 Å². The number of amides is 2. The van der Waals surface area contributed by atoms with Gasteiger partial charge < -0.3 is 25.6 Å². The molecule has 9 heteroatoms. The first-order valence-corrected chi connectivity index (χ1v) is 12.1. The number of fused-ring (bicyclic) bond motifs is 1. The molecule has 1 aliphatic heterocycles. The fraction of sp³-hybridized carbons (Fsp3) is 0.407. The van der Waals surface area contributed by atoms with Gasteiger partial charge >= 0.3 is 0 Å². The van der Waals surface area contributed by atoms with E-state index in [0.717, 1.165) is 19.3 Å². The Bertz CT molecular complexity index is 1100. The van der Waals surface area contributed by atoms with Gasteiger partial charge in [-0.3, -0.25) is 19.2 Å². The molecule has 0 unspecified atom stereocenters. The number of allylic oxidation sites excluding steroid dienone is 7. The molecule has 192 valence electrons. The van der Waals surface area contributed by atoms with Gasteiger partial charge in [0.05, 0.1) is 5.70 Å². The number of Topliss-reactive ketones (excluding diaryl/α,β-unsaturated/α-hetero) is 2. The number of aliphatic hydroxyl groups is 2. The van der Waals surface area contributed by atoms with Crippen molar-refractivity contribution < 1.29 is 34.1 Å². The standard InChI is InChI=1S/C27H32N2O7/c1-3-4-9-17(2)11-14-22(33)28-18-16-27(35,26-25(36-26)24(18)34)15-8-6-5-7-10-21(32)29-23-19(30)12-13-20(23)31/h5-8,10-11,14-17,25-26,30,35H,3-4,9,12-13H2,1-2H3,(H,28,33)(H,29,32)/b6-5+,10-7+,14-11+,15-8+/t17-,25+,26+,27-/m0/s1. The van der Waals surface area contributed by atoms with E-state index in [1.54, 1.807) is 12.2 Å². The average molecular weight is 497 g/mol. The molecule has 2 amide bonds. The number of unbranched alkanes of at least 4 members (excludes halogenated alkanes) is 1. The summed E-state index contributed by atoms with van der Waals surface area (Å²) in [6.45, 7) is 4.12. The first-order valence-electron chi connectivity index (χ1n) is 12.1. The smallest absolute Gasteiger partial charge is 0.248 e. The number of ether oxygens (including phenoxy) is 1. The van der Waals surface area contributed by atoms with Crippen LogP contribution < -0.4 is 10.6 Å². The Labute approximate surface area is 210 Å². The molecule has 0 aromatic heterocycles. The van der Waals surface area contributed by atoms with Crippen molar-refractivity contribution in [1.29, 1.82) is 0 Å². The van der Waals surface area contributed by atoms with E-state index < -0.39 is 29.6 Å². The van der Waals surface area contributed by atoms with Crippen LogP contribution in [0.3, 0.4) is 0 Å². The van der Waals surface area contributed by atoms with Gasteiger partial charge in [0.1, 0.15) is 23.2 Å². The lowest BCUT2D eigenvalue weighted by atomic mass is 9.88. The zero-order chi connectivity index (χ0) is 26.3. The molecule has 0 bridgehead atoms. The van der Waals surface area contributed by atoms with Crippen molar-refractivity contribution in [2.45, 2.75) is 63.8 Å². The predicted octanol–water partition coefficient (Wildman–Crippen LogP) is 2.37. The Hall–Kier alpha value is -3.56. The molecule has 3 rings (SSSR count). The molecule has 4 N–H and O–H groups in total. The van der Waals surface area contributed by atoms with Crippen LogP contribution in [0, 0.1) is 5.92 Å². The van der Waals surface area contributed by atoms with Crippen LogP contribution in [0.2, 0.25) is 0 Å². The number of rotatable bonds is 11. The Kier molecular flexibility index (Phi) is 8.95. The summed E-state index contributed by atoms with van der Waals surface area (Å²) in [5, 5.41) is 25.5. The Morgan fingerprint density at radius 2 is 1.86 bits per heavy atom. The molecule has 2 aliphatic carbocycles. The molecule has 0 radical (unpaired) electrons. The normalized spacial score (nSPS) is 26.8. The van der Waals surface area contributed by atoms with Crippen molar-refractivity contribution in [2.75, 3.05) is 0 Å². The van der Waals surface area contributed by atoms with E-state index in [9.17, 15) is 29.4 Å². The van der Waals surface area contributed by atoms with E-state index in [1.165, 1.54) is 42.5 Å². The summed E-state index contributed by atoms with van der Waals surface area (Å²) in [6.07, 6.45) is 15.1. The zero-order valence-corrected chi connectivity index (χ0v) is 20.4. The van der Waals surface area contributed by atoms with Gasteiger partial charge in [-0.2, -0.15) is 0 Å². The average Bonchev–Trinajstić information content (AvgIpc) is 3.60. The maximum atomic E-state index is 12.4. The minimum atomic E-state index is -1.59. The molecule has 3 aliphatic rings. The Balaban J connectivity index is 1.56. The number of nitrogens with one attached hydrogen (secondary N) is 2. The number of carbonyl (C=O) groups is 4. The first kappa shape index (κ1) is 27.0. The molecule has 1 saturated heterocycles. The van der Waals surface area contributed by atoms with E-state index in [-0.39, 0.29) is 47.5 Å². The van der Waals surface area contributed by atoms with Crippen molar-refractivity contribution in [2.24, 2.45) is 5.92 Å². The third kappa shape index (κ3) is 6.99. The van der Waals surface area contributed by atoms with Crippen LogP contribution in [0.15, 0.2) is 71.8 Å². The number of carbonyl (C=O) groups excluding carboxylic acids is 4. The number of epoxide rings is 1. The molecule has 36 heavy (non-hydrogen) atoms. The van der Waals surface area contributed by atoms with Gasteiger partial charge in [0.2, 0.25) is 17.6 Å². The second-order valence-corrected chi connectivity index (χ2v) is 9.09. The molecule has 4 atom stereocenters. The second kappa shape index (κ2) is 11.9. The molecule has 1 fully saturated rings. The maximum absolute atomic E-state index is 12.4. The molecule has 0 spiro atoms. The highest BCUT2D eigenvalue weighted by Crippen LogP contribution is 2.40. The first-order chi connectivity index (χ1) is 17.1. The van der Waals surface area contributed by atoms with Gasteiger partial charge in [0.25, 0.3) is 0 Å². The number of hydrogen-bond acceptors (Lipinski definition) is 7. The SMILES string of the molecule is CCCC[C@H](C)/C=C/C(=O)NC1=C[C@@](O)(/C=C/C=C/C=C/C(=O)NC2=C(O)CCC2=O)[C@@H]2O[C@@H]2C1=O. The molecule has 0 aromatic rings. The topological polar surface area (TPSA) is 145 Å². The Morgan fingerprint density at radius 1 is 1.14 bits per heavy atom. The predicted molar refractivity (Wildman–Crippen MR) is 132 cm³/mol. The highest BCUT2D eigenvalue weighted by atomic mass is 16.6. The summed E-state index contributed by atoms with van der Waals surface area (Å²) < 4.78 is 5.33. The summed E-state index contributed by atoms with van der Waals surface area (Å²) in [6, 6.07) is 0. The third-order valence-corrected chi connectivity index (χ3v) is 6.04. The van der Waals surface area contributed by atoms with Crippen LogP contribution in [0.25, 0.3) is 0 Å². The minimum Gasteiger partial charge on any atom is -0.510 e. The van der Waals surface area contributed by atoms with Crippen LogP contribution in [0.1, 0.15) is 46.0 Å².